The molecular formula is C18H23ClN2O. The van der Waals surface area contributed by atoms with Crippen LogP contribution < -0.4 is 5.73 Å². The van der Waals surface area contributed by atoms with Gasteiger partial charge < -0.3 is 10.6 Å². The molecule has 0 fully saturated rings. The summed E-state index contributed by atoms with van der Waals surface area (Å²) in [5, 5.41) is 0. The molecule has 0 radical (unpaired) electrons. The quantitative estimate of drug-likeness (QED) is 0.921. The van der Waals surface area contributed by atoms with Gasteiger partial charge in [-0.05, 0) is 24.5 Å². The van der Waals surface area contributed by atoms with Crippen molar-refractivity contribution >= 4 is 18.3 Å². The van der Waals surface area contributed by atoms with Gasteiger partial charge in [-0.1, -0.05) is 60.2 Å². The maximum Gasteiger partial charge on any atom is 0.239 e. The summed E-state index contributed by atoms with van der Waals surface area (Å²) in [4.78, 5) is 14.0. The SMILES string of the molecule is Cc1ccc(CN(C)C(=O)[C@@H](N)Cc2ccccc2)cc1.Cl. The van der Waals surface area contributed by atoms with Crippen molar-refractivity contribution in [3.63, 3.8) is 0 Å². The molecule has 2 rings (SSSR count). The maximum absolute atomic E-state index is 12.3. The third-order valence-corrected chi connectivity index (χ3v) is 3.53. The summed E-state index contributed by atoms with van der Waals surface area (Å²) in [5.41, 5.74) is 9.45. The van der Waals surface area contributed by atoms with Crippen LogP contribution in [0.15, 0.2) is 54.6 Å². The largest absolute Gasteiger partial charge is 0.340 e. The fourth-order valence-electron chi connectivity index (χ4n) is 2.28. The Morgan fingerprint density at radius 1 is 1.05 bits per heavy atom. The first kappa shape index (κ1) is 18.2. The number of nitrogens with two attached hydrogens (primary N) is 1. The van der Waals surface area contributed by atoms with Crippen LogP contribution in [0.2, 0.25) is 0 Å². The van der Waals surface area contributed by atoms with Crippen molar-refractivity contribution in [3.05, 3.63) is 71.3 Å². The zero-order valence-corrected chi connectivity index (χ0v) is 13.8. The normalized spacial score (nSPS) is 11.4. The van der Waals surface area contributed by atoms with Crippen molar-refractivity contribution in [2.24, 2.45) is 5.73 Å². The van der Waals surface area contributed by atoms with Gasteiger partial charge in [0.05, 0.1) is 6.04 Å². The van der Waals surface area contributed by atoms with Gasteiger partial charge in [0.25, 0.3) is 0 Å². The van der Waals surface area contributed by atoms with Crippen LogP contribution in [0.3, 0.4) is 0 Å². The molecule has 0 unspecified atom stereocenters. The van der Waals surface area contributed by atoms with Crippen molar-refractivity contribution < 1.29 is 4.79 Å². The van der Waals surface area contributed by atoms with Gasteiger partial charge in [0.2, 0.25) is 5.91 Å². The van der Waals surface area contributed by atoms with Crippen LogP contribution in [-0.4, -0.2) is 23.9 Å². The average Bonchev–Trinajstić information content (AvgIpc) is 2.49. The first-order valence-corrected chi connectivity index (χ1v) is 7.16. The molecule has 1 amide bonds. The number of halogens is 1. The summed E-state index contributed by atoms with van der Waals surface area (Å²) in [6.45, 7) is 2.63. The molecule has 0 aliphatic carbocycles. The van der Waals surface area contributed by atoms with E-state index in [9.17, 15) is 4.79 Å². The number of carbonyl (C=O) groups is 1. The molecule has 22 heavy (non-hydrogen) atoms. The third-order valence-electron chi connectivity index (χ3n) is 3.53. The van der Waals surface area contributed by atoms with Crippen molar-refractivity contribution in [2.75, 3.05) is 7.05 Å². The standard InChI is InChI=1S/C18H22N2O.ClH/c1-14-8-10-16(11-9-14)13-20(2)18(21)17(19)12-15-6-4-3-5-7-15;/h3-11,17H,12-13,19H2,1-2H3;1H/t17-;/m0./s1. The summed E-state index contributed by atoms with van der Waals surface area (Å²) in [6.07, 6.45) is 0.567. The predicted molar refractivity (Wildman–Crippen MR) is 93.0 cm³/mol. The molecule has 0 aliphatic heterocycles. The van der Waals surface area contributed by atoms with Crippen LogP contribution in [0.4, 0.5) is 0 Å². The van der Waals surface area contributed by atoms with E-state index in [2.05, 4.69) is 19.1 Å². The van der Waals surface area contributed by atoms with E-state index in [-0.39, 0.29) is 18.3 Å². The monoisotopic (exact) mass is 318 g/mol. The fourth-order valence-corrected chi connectivity index (χ4v) is 2.28. The Bertz CT molecular complexity index is 584. The second-order valence-corrected chi connectivity index (χ2v) is 5.48. The highest BCUT2D eigenvalue weighted by atomic mass is 35.5. The third kappa shape index (κ3) is 5.17. The van der Waals surface area contributed by atoms with Crippen LogP contribution in [0.5, 0.6) is 0 Å². The molecule has 0 heterocycles. The molecule has 0 bridgehead atoms. The molecule has 0 spiro atoms. The number of likely N-dealkylation sites (N-methyl/N-ethyl adjacent to an activating group) is 1. The highest BCUT2D eigenvalue weighted by Crippen LogP contribution is 2.08. The molecule has 1 atom stereocenters. The minimum Gasteiger partial charge on any atom is -0.340 e. The van der Waals surface area contributed by atoms with Crippen molar-refractivity contribution in [3.8, 4) is 0 Å². The zero-order valence-electron chi connectivity index (χ0n) is 13.0. The Morgan fingerprint density at radius 3 is 2.23 bits per heavy atom. The smallest absolute Gasteiger partial charge is 0.239 e. The maximum atomic E-state index is 12.3. The Labute approximate surface area is 138 Å². The van der Waals surface area contributed by atoms with E-state index in [1.807, 2.05) is 42.5 Å². The van der Waals surface area contributed by atoms with E-state index in [0.717, 1.165) is 11.1 Å². The van der Waals surface area contributed by atoms with Gasteiger partial charge in [0.1, 0.15) is 0 Å². The molecule has 0 aliphatic rings. The summed E-state index contributed by atoms with van der Waals surface area (Å²) in [6, 6.07) is 17.6. The summed E-state index contributed by atoms with van der Waals surface area (Å²) < 4.78 is 0. The Hall–Kier alpha value is -1.84. The number of rotatable bonds is 5. The Morgan fingerprint density at radius 2 is 1.64 bits per heavy atom. The number of amides is 1. The Kier molecular flexibility index (Phi) is 7.09. The van der Waals surface area contributed by atoms with E-state index in [1.54, 1.807) is 11.9 Å². The molecule has 118 valence electrons. The topological polar surface area (TPSA) is 46.3 Å². The molecule has 0 aromatic heterocycles. The lowest BCUT2D eigenvalue weighted by Gasteiger charge is -2.21. The average molecular weight is 319 g/mol. The molecule has 0 saturated heterocycles. The van der Waals surface area contributed by atoms with Gasteiger partial charge in [0.15, 0.2) is 0 Å². The van der Waals surface area contributed by atoms with Crippen molar-refractivity contribution in [1.29, 1.82) is 0 Å². The summed E-state index contributed by atoms with van der Waals surface area (Å²) >= 11 is 0. The minimum atomic E-state index is -0.497. The molecule has 4 heteroatoms. The van der Waals surface area contributed by atoms with Gasteiger partial charge in [0, 0.05) is 13.6 Å². The van der Waals surface area contributed by atoms with E-state index >= 15 is 0 Å². The van der Waals surface area contributed by atoms with Crippen LogP contribution in [0, 0.1) is 6.92 Å². The van der Waals surface area contributed by atoms with Crippen LogP contribution in [-0.2, 0) is 17.8 Å². The number of nitrogens with zero attached hydrogens (tertiary/aromatic N) is 1. The number of aryl methyl sites for hydroxylation is 1. The molecule has 2 aromatic carbocycles. The number of benzene rings is 2. The predicted octanol–water partition coefficient (Wildman–Crippen LogP) is 2.95. The lowest BCUT2D eigenvalue weighted by molar-refractivity contribution is -0.131. The summed E-state index contributed by atoms with van der Waals surface area (Å²) in [5.74, 6) is -0.0283. The number of hydrogen-bond donors (Lipinski definition) is 1. The van der Waals surface area contributed by atoms with E-state index < -0.39 is 6.04 Å². The molecule has 0 saturated carbocycles. The molecular weight excluding hydrogens is 296 g/mol. The lowest BCUT2D eigenvalue weighted by atomic mass is 10.1. The van der Waals surface area contributed by atoms with E-state index in [1.165, 1.54) is 5.56 Å². The zero-order chi connectivity index (χ0) is 15.2. The molecule has 2 aromatic rings. The Balaban J connectivity index is 0.00000242. The van der Waals surface area contributed by atoms with Gasteiger partial charge in [-0.2, -0.15) is 0 Å². The first-order valence-electron chi connectivity index (χ1n) is 7.16. The first-order chi connectivity index (χ1) is 10.1. The van der Waals surface area contributed by atoms with E-state index in [0.29, 0.717) is 13.0 Å². The number of carbonyl (C=O) groups excluding carboxylic acids is 1. The molecule has 3 nitrogen and oxygen atoms in total. The number of hydrogen-bond acceptors (Lipinski definition) is 2. The van der Waals surface area contributed by atoms with Crippen molar-refractivity contribution in [2.45, 2.75) is 25.9 Å². The van der Waals surface area contributed by atoms with Gasteiger partial charge in [-0.15, -0.1) is 12.4 Å². The summed E-state index contributed by atoms with van der Waals surface area (Å²) in [7, 11) is 1.80. The molecule has 2 N–H and O–H groups in total. The fraction of sp³-hybridized carbons (Fsp3) is 0.278. The van der Waals surface area contributed by atoms with E-state index in [4.69, 9.17) is 5.73 Å². The second kappa shape index (κ2) is 8.57. The highest BCUT2D eigenvalue weighted by Gasteiger charge is 2.18. The van der Waals surface area contributed by atoms with Crippen LogP contribution >= 0.6 is 12.4 Å². The second-order valence-electron chi connectivity index (χ2n) is 5.48. The minimum absolute atomic E-state index is 0. The lowest BCUT2D eigenvalue weighted by Crippen LogP contribution is -2.42. The van der Waals surface area contributed by atoms with Gasteiger partial charge >= 0.3 is 0 Å². The van der Waals surface area contributed by atoms with Crippen molar-refractivity contribution in [1.82, 2.24) is 4.90 Å². The highest BCUT2D eigenvalue weighted by molar-refractivity contribution is 5.85. The van der Waals surface area contributed by atoms with Gasteiger partial charge in [-0.25, -0.2) is 0 Å². The van der Waals surface area contributed by atoms with Crippen LogP contribution in [0.1, 0.15) is 16.7 Å². The van der Waals surface area contributed by atoms with Gasteiger partial charge in [-0.3, -0.25) is 4.79 Å². The van der Waals surface area contributed by atoms with Crippen LogP contribution in [0.25, 0.3) is 0 Å².